The molecule has 178 valence electrons. The van der Waals surface area contributed by atoms with E-state index in [1.54, 1.807) is 12.1 Å². The third kappa shape index (κ3) is 4.41. The number of aromatic nitrogens is 3. The summed E-state index contributed by atoms with van der Waals surface area (Å²) in [6, 6.07) is 11.3. The maximum Gasteiger partial charge on any atom is 0.260 e. The van der Waals surface area contributed by atoms with Gasteiger partial charge in [-0.3, -0.25) is 14.7 Å². The van der Waals surface area contributed by atoms with Crippen LogP contribution < -0.4 is 4.74 Å². The highest BCUT2D eigenvalue weighted by atomic mass is 79.9. The van der Waals surface area contributed by atoms with Crippen molar-refractivity contribution in [3.05, 3.63) is 52.0 Å². The van der Waals surface area contributed by atoms with Crippen LogP contribution in [0.1, 0.15) is 36.7 Å². The van der Waals surface area contributed by atoms with Crippen LogP contribution in [0.25, 0.3) is 11.0 Å². The lowest BCUT2D eigenvalue weighted by Gasteiger charge is -2.24. The summed E-state index contributed by atoms with van der Waals surface area (Å²) in [6.07, 6.45) is 0. The molecular formula is C25H28BrN5O3. The number of aromatic amines is 1. The second-order valence-corrected chi connectivity index (χ2v) is 11.2. The van der Waals surface area contributed by atoms with Gasteiger partial charge in [0.25, 0.3) is 11.8 Å². The summed E-state index contributed by atoms with van der Waals surface area (Å²) in [5.74, 6) is 1.32. The molecule has 3 heterocycles. The van der Waals surface area contributed by atoms with E-state index in [-0.39, 0.29) is 23.8 Å². The Hall–Kier alpha value is -2.94. The van der Waals surface area contributed by atoms with Crippen molar-refractivity contribution in [1.29, 1.82) is 0 Å². The Morgan fingerprint density at radius 3 is 2.47 bits per heavy atom. The molecular weight excluding hydrogens is 498 g/mol. The maximum absolute atomic E-state index is 13.0. The van der Waals surface area contributed by atoms with Gasteiger partial charge in [-0.15, -0.1) is 5.10 Å². The van der Waals surface area contributed by atoms with Crippen molar-refractivity contribution in [2.75, 3.05) is 32.8 Å². The largest absolute Gasteiger partial charge is 0.483 e. The van der Waals surface area contributed by atoms with Gasteiger partial charge in [-0.1, -0.05) is 41.9 Å². The Kier molecular flexibility index (Phi) is 5.83. The molecule has 2 fully saturated rings. The van der Waals surface area contributed by atoms with E-state index >= 15 is 0 Å². The fraction of sp³-hybridized carbons (Fsp3) is 0.440. The van der Waals surface area contributed by atoms with Crippen molar-refractivity contribution in [1.82, 2.24) is 25.2 Å². The number of nitrogens with one attached hydrogen (secondary N) is 1. The van der Waals surface area contributed by atoms with Gasteiger partial charge in [0.15, 0.2) is 6.61 Å². The van der Waals surface area contributed by atoms with Gasteiger partial charge < -0.3 is 14.5 Å². The van der Waals surface area contributed by atoms with E-state index in [1.807, 2.05) is 34.1 Å². The highest BCUT2D eigenvalue weighted by Gasteiger charge is 2.43. The molecule has 9 heteroatoms. The molecule has 5 rings (SSSR count). The van der Waals surface area contributed by atoms with E-state index in [1.165, 1.54) is 0 Å². The number of nitrogens with zero attached hydrogens (tertiary/aromatic N) is 4. The highest BCUT2D eigenvalue weighted by Crippen LogP contribution is 2.35. The number of carbonyl (C=O) groups is 2. The first kappa shape index (κ1) is 22.8. The zero-order chi connectivity index (χ0) is 24.0. The summed E-state index contributed by atoms with van der Waals surface area (Å²) in [6.45, 7) is 9.03. The summed E-state index contributed by atoms with van der Waals surface area (Å²) >= 11 is 3.52. The first-order valence-electron chi connectivity index (χ1n) is 11.5. The monoisotopic (exact) mass is 525 g/mol. The first-order valence-corrected chi connectivity index (χ1v) is 12.3. The van der Waals surface area contributed by atoms with Crippen LogP contribution in [-0.4, -0.2) is 69.8 Å². The number of likely N-dealkylation sites (tertiary alicyclic amines) is 2. The Morgan fingerprint density at radius 2 is 1.76 bits per heavy atom. The number of carbonyl (C=O) groups excluding carboxylic acids is 2. The van der Waals surface area contributed by atoms with Crippen LogP contribution in [0.2, 0.25) is 0 Å². The summed E-state index contributed by atoms with van der Waals surface area (Å²) < 4.78 is 6.96. The zero-order valence-corrected chi connectivity index (χ0v) is 21.1. The molecule has 34 heavy (non-hydrogen) atoms. The SMILES string of the molecule is CC(C)(C)c1cc(Br)ccc1OCC(=O)N1C[C@H]2CN(C(=O)c3ccc4[nH]nnc4c3)C[C@@H]2C1. The van der Waals surface area contributed by atoms with E-state index in [0.717, 1.165) is 21.3 Å². The van der Waals surface area contributed by atoms with Crippen LogP contribution >= 0.6 is 15.9 Å². The van der Waals surface area contributed by atoms with E-state index in [2.05, 4.69) is 52.1 Å². The molecule has 2 aliphatic heterocycles. The topological polar surface area (TPSA) is 91.4 Å². The number of H-pyrrole nitrogens is 1. The molecule has 1 aromatic heterocycles. The van der Waals surface area contributed by atoms with Crippen molar-refractivity contribution in [3.63, 3.8) is 0 Å². The third-order valence-electron chi connectivity index (χ3n) is 6.80. The molecule has 2 saturated heterocycles. The Morgan fingerprint density at radius 1 is 1.06 bits per heavy atom. The van der Waals surface area contributed by atoms with Crippen LogP contribution in [0.15, 0.2) is 40.9 Å². The average Bonchev–Trinajstić information content (AvgIpc) is 3.51. The summed E-state index contributed by atoms with van der Waals surface area (Å²) in [7, 11) is 0. The van der Waals surface area contributed by atoms with Crippen LogP contribution in [0.3, 0.4) is 0 Å². The van der Waals surface area contributed by atoms with E-state index in [4.69, 9.17) is 4.74 Å². The predicted octanol–water partition coefficient (Wildman–Crippen LogP) is 3.63. The molecule has 2 atom stereocenters. The number of hydrogen-bond donors (Lipinski definition) is 1. The molecule has 2 aliphatic rings. The number of benzene rings is 2. The number of amides is 2. The predicted molar refractivity (Wildman–Crippen MR) is 132 cm³/mol. The number of fused-ring (bicyclic) bond motifs is 2. The lowest BCUT2D eigenvalue weighted by Crippen LogP contribution is -2.37. The standard InChI is InChI=1S/C25H28BrN5O3/c1-25(2,3)19-9-18(26)5-7-22(19)34-14-23(32)30-10-16-12-31(13-17(16)11-30)24(33)15-4-6-20-21(8-15)28-29-27-20/h4-9,16-17H,10-14H2,1-3H3,(H,27,28,29)/t16-,17-/m0/s1. The van der Waals surface area contributed by atoms with Crippen LogP contribution in [-0.2, 0) is 10.2 Å². The summed E-state index contributed by atoms with van der Waals surface area (Å²) in [5.41, 5.74) is 3.07. The first-order chi connectivity index (χ1) is 16.2. The normalized spacial score (nSPS) is 20.1. The van der Waals surface area contributed by atoms with Gasteiger partial charge >= 0.3 is 0 Å². The van der Waals surface area contributed by atoms with E-state index in [0.29, 0.717) is 49.1 Å². The second-order valence-electron chi connectivity index (χ2n) is 10.3. The van der Waals surface area contributed by atoms with Crippen molar-refractivity contribution in [3.8, 4) is 5.75 Å². The lowest BCUT2D eigenvalue weighted by atomic mass is 9.86. The second kappa shape index (κ2) is 8.69. The number of hydrogen-bond acceptors (Lipinski definition) is 5. The van der Waals surface area contributed by atoms with Gasteiger partial charge in [-0.25, -0.2) is 0 Å². The van der Waals surface area contributed by atoms with Crippen molar-refractivity contribution in [2.24, 2.45) is 11.8 Å². The lowest BCUT2D eigenvalue weighted by molar-refractivity contribution is -0.132. The molecule has 0 unspecified atom stereocenters. The Balaban J connectivity index is 1.18. The molecule has 0 bridgehead atoms. The summed E-state index contributed by atoms with van der Waals surface area (Å²) in [5, 5.41) is 10.6. The molecule has 3 aromatic rings. The highest BCUT2D eigenvalue weighted by molar-refractivity contribution is 9.10. The van der Waals surface area contributed by atoms with Gasteiger partial charge in [0.2, 0.25) is 0 Å². The molecule has 0 saturated carbocycles. The molecule has 0 aliphatic carbocycles. The Labute approximate surface area is 206 Å². The molecule has 8 nitrogen and oxygen atoms in total. The fourth-order valence-electron chi connectivity index (χ4n) is 4.96. The number of halogens is 1. The maximum atomic E-state index is 13.0. The van der Waals surface area contributed by atoms with E-state index < -0.39 is 0 Å². The van der Waals surface area contributed by atoms with Crippen molar-refractivity contribution >= 4 is 38.8 Å². The number of rotatable bonds is 4. The van der Waals surface area contributed by atoms with Crippen molar-refractivity contribution < 1.29 is 14.3 Å². The van der Waals surface area contributed by atoms with E-state index in [9.17, 15) is 9.59 Å². The molecule has 2 aromatic carbocycles. The zero-order valence-electron chi connectivity index (χ0n) is 19.5. The fourth-order valence-corrected chi connectivity index (χ4v) is 5.33. The van der Waals surface area contributed by atoms with Gasteiger partial charge in [-0.05, 0) is 41.8 Å². The minimum absolute atomic E-state index is 0.00505. The summed E-state index contributed by atoms with van der Waals surface area (Å²) in [4.78, 5) is 29.7. The van der Waals surface area contributed by atoms with Gasteiger partial charge in [-0.2, -0.15) is 0 Å². The van der Waals surface area contributed by atoms with Gasteiger partial charge in [0.05, 0.1) is 5.52 Å². The Bertz CT molecular complexity index is 1240. The molecule has 0 spiro atoms. The molecule has 1 N–H and O–H groups in total. The van der Waals surface area contributed by atoms with Gasteiger partial charge in [0, 0.05) is 53.6 Å². The minimum Gasteiger partial charge on any atom is -0.483 e. The smallest absolute Gasteiger partial charge is 0.260 e. The minimum atomic E-state index is -0.0962. The van der Waals surface area contributed by atoms with Crippen LogP contribution in [0.5, 0.6) is 5.75 Å². The quantitative estimate of drug-likeness (QED) is 0.561. The van der Waals surface area contributed by atoms with Crippen molar-refractivity contribution in [2.45, 2.75) is 26.2 Å². The average molecular weight is 526 g/mol. The van der Waals surface area contributed by atoms with Gasteiger partial charge in [0.1, 0.15) is 11.3 Å². The third-order valence-corrected chi connectivity index (χ3v) is 7.29. The van der Waals surface area contributed by atoms with Crippen LogP contribution in [0.4, 0.5) is 0 Å². The van der Waals surface area contributed by atoms with Crippen LogP contribution in [0, 0.1) is 11.8 Å². The molecule has 0 radical (unpaired) electrons. The number of ether oxygens (including phenoxy) is 1. The molecule has 2 amide bonds.